The Balaban J connectivity index is 1.80. The van der Waals surface area contributed by atoms with Gasteiger partial charge in [0, 0.05) is 25.7 Å². The van der Waals surface area contributed by atoms with Crippen molar-refractivity contribution < 1.29 is 4.74 Å². The Morgan fingerprint density at radius 1 is 1.19 bits per heavy atom. The van der Waals surface area contributed by atoms with Gasteiger partial charge in [-0.25, -0.2) is 0 Å². The second kappa shape index (κ2) is 7.28. The smallest absolute Gasteiger partial charge is 0.119 e. The number of nitrogens with zero attached hydrogens (tertiary/aromatic N) is 1. The van der Waals surface area contributed by atoms with Gasteiger partial charge < -0.3 is 10.1 Å². The summed E-state index contributed by atoms with van der Waals surface area (Å²) in [7, 11) is 0. The molecule has 1 aromatic carbocycles. The highest BCUT2D eigenvalue weighted by Crippen LogP contribution is 2.24. The standard InChI is InChI=1S/C18H30N2O/c1-15-9-10-19-11-12-20(15)13-14-21-17-7-5-16(6-8-17)18(2,3)4/h5-8,15,19H,9-14H2,1-4H3. The van der Waals surface area contributed by atoms with E-state index in [1.807, 2.05) is 0 Å². The zero-order chi connectivity index (χ0) is 15.3. The summed E-state index contributed by atoms with van der Waals surface area (Å²) in [5, 5.41) is 3.45. The topological polar surface area (TPSA) is 24.5 Å². The molecule has 0 amide bonds. The van der Waals surface area contributed by atoms with Gasteiger partial charge >= 0.3 is 0 Å². The van der Waals surface area contributed by atoms with Gasteiger partial charge in [0.25, 0.3) is 0 Å². The highest BCUT2D eigenvalue weighted by Gasteiger charge is 2.16. The average molecular weight is 290 g/mol. The van der Waals surface area contributed by atoms with Crippen molar-refractivity contribution in [3.63, 3.8) is 0 Å². The van der Waals surface area contributed by atoms with Crippen molar-refractivity contribution >= 4 is 0 Å². The van der Waals surface area contributed by atoms with E-state index in [4.69, 9.17) is 4.74 Å². The lowest BCUT2D eigenvalue weighted by Crippen LogP contribution is -2.37. The van der Waals surface area contributed by atoms with Crippen LogP contribution in [0.15, 0.2) is 24.3 Å². The lowest BCUT2D eigenvalue weighted by molar-refractivity contribution is 0.175. The molecule has 0 bridgehead atoms. The van der Waals surface area contributed by atoms with Crippen molar-refractivity contribution in [2.45, 2.75) is 45.6 Å². The van der Waals surface area contributed by atoms with Crippen LogP contribution in [0.4, 0.5) is 0 Å². The molecule has 1 aliphatic heterocycles. The molecule has 1 N–H and O–H groups in total. The first-order chi connectivity index (χ1) is 9.97. The fourth-order valence-corrected chi connectivity index (χ4v) is 2.73. The van der Waals surface area contributed by atoms with Crippen LogP contribution in [0.2, 0.25) is 0 Å². The van der Waals surface area contributed by atoms with Crippen LogP contribution in [-0.4, -0.2) is 43.7 Å². The highest BCUT2D eigenvalue weighted by molar-refractivity contribution is 5.31. The Morgan fingerprint density at radius 3 is 2.57 bits per heavy atom. The molecule has 3 heteroatoms. The number of ether oxygens (including phenoxy) is 1. The summed E-state index contributed by atoms with van der Waals surface area (Å²) in [5.41, 5.74) is 1.55. The van der Waals surface area contributed by atoms with Gasteiger partial charge in [-0.3, -0.25) is 4.90 Å². The largest absolute Gasteiger partial charge is 0.492 e. The van der Waals surface area contributed by atoms with Crippen LogP contribution < -0.4 is 10.1 Å². The van der Waals surface area contributed by atoms with E-state index in [-0.39, 0.29) is 5.41 Å². The second-order valence-electron chi connectivity index (χ2n) is 7.05. The molecule has 3 nitrogen and oxygen atoms in total. The molecular weight excluding hydrogens is 260 g/mol. The van der Waals surface area contributed by atoms with Crippen LogP contribution in [0.1, 0.15) is 39.7 Å². The number of hydrogen-bond acceptors (Lipinski definition) is 3. The monoisotopic (exact) mass is 290 g/mol. The van der Waals surface area contributed by atoms with Crippen LogP contribution in [0, 0.1) is 0 Å². The molecule has 1 heterocycles. The van der Waals surface area contributed by atoms with Crippen molar-refractivity contribution in [2.24, 2.45) is 0 Å². The van der Waals surface area contributed by atoms with Crippen molar-refractivity contribution in [1.29, 1.82) is 0 Å². The summed E-state index contributed by atoms with van der Waals surface area (Å²) in [4.78, 5) is 2.52. The van der Waals surface area contributed by atoms with Crippen LogP contribution >= 0.6 is 0 Å². The minimum Gasteiger partial charge on any atom is -0.492 e. The van der Waals surface area contributed by atoms with E-state index >= 15 is 0 Å². The molecule has 0 saturated carbocycles. The summed E-state index contributed by atoms with van der Waals surface area (Å²) in [6.45, 7) is 14.1. The summed E-state index contributed by atoms with van der Waals surface area (Å²) in [6, 6.07) is 9.18. The maximum atomic E-state index is 5.90. The number of hydrogen-bond donors (Lipinski definition) is 1. The van der Waals surface area contributed by atoms with Crippen LogP contribution in [0.25, 0.3) is 0 Å². The SMILES string of the molecule is CC1CCNCCN1CCOc1ccc(C(C)(C)C)cc1. The van der Waals surface area contributed by atoms with E-state index in [2.05, 4.69) is 62.2 Å². The summed E-state index contributed by atoms with van der Waals surface area (Å²) in [5.74, 6) is 0.976. The molecule has 21 heavy (non-hydrogen) atoms. The van der Waals surface area contributed by atoms with Gasteiger partial charge in [0.15, 0.2) is 0 Å². The van der Waals surface area contributed by atoms with Gasteiger partial charge in [0.05, 0.1) is 0 Å². The zero-order valence-electron chi connectivity index (χ0n) is 14.0. The molecule has 0 aliphatic carbocycles. The number of benzene rings is 1. The minimum absolute atomic E-state index is 0.201. The molecule has 2 rings (SSSR count). The Labute approximate surface area is 129 Å². The Morgan fingerprint density at radius 2 is 1.90 bits per heavy atom. The molecule has 0 radical (unpaired) electrons. The fourth-order valence-electron chi connectivity index (χ4n) is 2.73. The van der Waals surface area contributed by atoms with Crippen LogP contribution in [0.5, 0.6) is 5.75 Å². The Bertz CT molecular complexity index is 422. The molecule has 0 spiro atoms. The average Bonchev–Trinajstić information content (AvgIpc) is 2.64. The molecule has 1 fully saturated rings. The molecule has 0 aromatic heterocycles. The first-order valence-electron chi connectivity index (χ1n) is 8.15. The second-order valence-corrected chi connectivity index (χ2v) is 7.05. The third-order valence-electron chi connectivity index (χ3n) is 4.31. The summed E-state index contributed by atoms with van der Waals surface area (Å²) in [6.07, 6.45) is 1.22. The van der Waals surface area contributed by atoms with Gasteiger partial charge in [-0.2, -0.15) is 0 Å². The minimum atomic E-state index is 0.201. The van der Waals surface area contributed by atoms with Gasteiger partial charge in [0.1, 0.15) is 12.4 Å². The van der Waals surface area contributed by atoms with E-state index in [0.29, 0.717) is 6.04 Å². The first-order valence-corrected chi connectivity index (χ1v) is 8.15. The summed E-state index contributed by atoms with van der Waals surface area (Å²) < 4.78 is 5.90. The predicted molar refractivity (Wildman–Crippen MR) is 89.2 cm³/mol. The normalized spacial score (nSPS) is 21.0. The highest BCUT2D eigenvalue weighted by atomic mass is 16.5. The molecule has 118 valence electrons. The van der Waals surface area contributed by atoms with E-state index in [1.54, 1.807) is 0 Å². The van der Waals surface area contributed by atoms with Crippen LogP contribution in [-0.2, 0) is 5.41 Å². The number of rotatable bonds is 4. The molecule has 1 aromatic rings. The van der Waals surface area contributed by atoms with Crippen molar-refractivity contribution in [2.75, 3.05) is 32.8 Å². The lowest BCUT2D eigenvalue weighted by Gasteiger charge is -2.26. The van der Waals surface area contributed by atoms with E-state index in [0.717, 1.165) is 38.5 Å². The Kier molecular flexibility index (Phi) is 5.65. The Hall–Kier alpha value is -1.06. The molecule has 1 aliphatic rings. The van der Waals surface area contributed by atoms with Crippen LogP contribution in [0.3, 0.4) is 0 Å². The van der Waals surface area contributed by atoms with E-state index < -0.39 is 0 Å². The third kappa shape index (κ3) is 5.01. The first kappa shape index (κ1) is 16.3. The summed E-state index contributed by atoms with van der Waals surface area (Å²) >= 11 is 0. The maximum absolute atomic E-state index is 5.90. The molecule has 1 saturated heterocycles. The maximum Gasteiger partial charge on any atom is 0.119 e. The van der Waals surface area contributed by atoms with Gasteiger partial charge in [0.2, 0.25) is 0 Å². The third-order valence-corrected chi connectivity index (χ3v) is 4.31. The lowest BCUT2D eigenvalue weighted by atomic mass is 9.87. The number of nitrogens with one attached hydrogen (secondary N) is 1. The fraction of sp³-hybridized carbons (Fsp3) is 0.667. The van der Waals surface area contributed by atoms with Crippen molar-refractivity contribution in [3.05, 3.63) is 29.8 Å². The van der Waals surface area contributed by atoms with Crippen molar-refractivity contribution in [3.8, 4) is 5.75 Å². The van der Waals surface area contributed by atoms with E-state index in [9.17, 15) is 0 Å². The van der Waals surface area contributed by atoms with Crippen molar-refractivity contribution in [1.82, 2.24) is 10.2 Å². The molecule has 1 unspecified atom stereocenters. The predicted octanol–water partition coefficient (Wildman–Crippen LogP) is 3.05. The van der Waals surface area contributed by atoms with E-state index in [1.165, 1.54) is 12.0 Å². The zero-order valence-corrected chi connectivity index (χ0v) is 14.0. The van der Waals surface area contributed by atoms with Gasteiger partial charge in [-0.05, 0) is 43.0 Å². The molecular formula is C18H30N2O. The van der Waals surface area contributed by atoms with Gasteiger partial charge in [-0.15, -0.1) is 0 Å². The quantitative estimate of drug-likeness (QED) is 0.922. The molecule has 1 atom stereocenters. The van der Waals surface area contributed by atoms with Gasteiger partial charge in [-0.1, -0.05) is 32.9 Å².